The highest BCUT2D eigenvalue weighted by Gasteiger charge is 2.12. The van der Waals surface area contributed by atoms with Crippen LogP contribution >= 0.6 is 0 Å². The molecule has 0 aliphatic heterocycles. The molecule has 0 unspecified atom stereocenters. The van der Waals surface area contributed by atoms with Crippen LogP contribution in [0.3, 0.4) is 0 Å². The lowest BCUT2D eigenvalue weighted by atomic mass is 10.1. The Morgan fingerprint density at radius 3 is 2.74 bits per heavy atom. The molecular weight excluding hydrogens is 402 g/mol. The summed E-state index contributed by atoms with van der Waals surface area (Å²) in [5.41, 5.74) is 2.31. The molecule has 0 amide bonds. The highest BCUT2D eigenvalue weighted by atomic mass is 19.1. The minimum Gasteiger partial charge on any atom is -0.309 e. The van der Waals surface area contributed by atoms with Crippen molar-refractivity contribution in [3.63, 3.8) is 0 Å². The first kappa shape index (κ1) is 18.8. The van der Waals surface area contributed by atoms with E-state index < -0.39 is 11.6 Å². The third kappa shape index (κ3) is 3.70. The molecule has 4 heterocycles. The molecule has 10 heteroatoms. The van der Waals surface area contributed by atoms with Crippen LogP contribution in [0.15, 0.2) is 61.1 Å². The average Bonchev–Trinajstić information content (AvgIpc) is 3.36. The molecule has 0 radical (unpaired) electrons. The van der Waals surface area contributed by atoms with E-state index in [9.17, 15) is 8.78 Å². The van der Waals surface area contributed by atoms with Gasteiger partial charge in [0.15, 0.2) is 5.65 Å². The fourth-order valence-electron chi connectivity index (χ4n) is 3.26. The topological polar surface area (TPSA) is 85.8 Å². The molecule has 0 saturated carbocycles. The van der Waals surface area contributed by atoms with Gasteiger partial charge in [0.05, 0.1) is 11.9 Å². The number of halogens is 2. The molecule has 0 spiro atoms. The second kappa shape index (κ2) is 7.56. The van der Waals surface area contributed by atoms with Crippen LogP contribution in [0.25, 0.3) is 16.9 Å². The van der Waals surface area contributed by atoms with Crippen LogP contribution < -0.4 is 5.32 Å². The van der Waals surface area contributed by atoms with E-state index in [1.54, 1.807) is 33.7 Å². The van der Waals surface area contributed by atoms with Crippen molar-refractivity contribution < 1.29 is 8.78 Å². The van der Waals surface area contributed by atoms with E-state index in [1.165, 1.54) is 6.07 Å². The van der Waals surface area contributed by atoms with E-state index in [1.807, 2.05) is 25.2 Å². The van der Waals surface area contributed by atoms with Crippen LogP contribution in [0, 0.1) is 11.6 Å². The Balaban J connectivity index is 1.44. The summed E-state index contributed by atoms with van der Waals surface area (Å²) < 4.78 is 30.9. The molecule has 5 aromatic rings. The smallest absolute Gasteiger partial charge is 0.228 e. The second-order valence-electron chi connectivity index (χ2n) is 6.90. The van der Waals surface area contributed by atoms with Crippen LogP contribution in [0.5, 0.6) is 0 Å². The Morgan fingerprint density at radius 1 is 1.00 bits per heavy atom. The third-order valence-corrected chi connectivity index (χ3v) is 4.85. The van der Waals surface area contributed by atoms with Crippen molar-refractivity contribution in [2.75, 3.05) is 5.32 Å². The molecule has 0 aliphatic rings. The van der Waals surface area contributed by atoms with Gasteiger partial charge in [0.1, 0.15) is 23.3 Å². The molecule has 5 rings (SSSR count). The van der Waals surface area contributed by atoms with Gasteiger partial charge in [-0.15, -0.1) is 10.2 Å². The first-order chi connectivity index (χ1) is 15.1. The number of anilines is 2. The van der Waals surface area contributed by atoms with Crippen LogP contribution in [0.1, 0.15) is 11.4 Å². The van der Waals surface area contributed by atoms with Gasteiger partial charge < -0.3 is 5.32 Å². The number of pyridine rings is 1. The van der Waals surface area contributed by atoms with Crippen LogP contribution in [-0.2, 0) is 13.5 Å². The van der Waals surface area contributed by atoms with Gasteiger partial charge in [-0.3, -0.25) is 9.08 Å². The molecule has 0 saturated heterocycles. The maximum Gasteiger partial charge on any atom is 0.228 e. The molecule has 0 atom stereocenters. The summed E-state index contributed by atoms with van der Waals surface area (Å²) in [6.07, 6.45) is 5.25. The standard InChI is InChI=1S/C21H16F2N8/c1-30-18(5-8-25-30)27-21-24-7-4-17(26-21)13-6-9-31-19(11-13)28-29-20(31)12-14-10-15(22)2-3-16(14)23/h2-11H,12H2,1H3,(H,24,26,27). The van der Waals surface area contributed by atoms with E-state index in [4.69, 9.17) is 0 Å². The number of hydrogen-bond acceptors (Lipinski definition) is 6. The first-order valence-corrected chi connectivity index (χ1v) is 9.43. The zero-order valence-electron chi connectivity index (χ0n) is 16.4. The minimum atomic E-state index is -0.494. The van der Waals surface area contributed by atoms with Gasteiger partial charge in [0.2, 0.25) is 5.95 Å². The van der Waals surface area contributed by atoms with E-state index >= 15 is 0 Å². The summed E-state index contributed by atoms with van der Waals surface area (Å²) in [6.45, 7) is 0. The summed E-state index contributed by atoms with van der Waals surface area (Å²) in [7, 11) is 1.82. The van der Waals surface area contributed by atoms with Gasteiger partial charge in [-0.1, -0.05) is 0 Å². The largest absolute Gasteiger partial charge is 0.309 e. The lowest BCUT2D eigenvalue weighted by Gasteiger charge is -2.07. The molecule has 31 heavy (non-hydrogen) atoms. The predicted molar refractivity (Wildman–Crippen MR) is 110 cm³/mol. The van der Waals surface area contributed by atoms with Crippen LogP contribution in [0.4, 0.5) is 20.5 Å². The van der Waals surface area contributed by atoms with Gasteiger partial charge >= 0.3 is 0 Å². The summed E-state index contributed by atoms with van der Waals surface area (Å²) in [5.74, 6) is 0.729. The Kier molecular flexibility index (Phi) is 4.58. The first-order valence-electron chi connectivity index (χ1n) is 9.43. The quantitative estimate of drug-likeness (QED) is 0.470. The Morgan fingerprint density at radius 2 is 1.90 bits per heavy atom. The number of fused-ring (bicyclic) bond motifs is 1. The van der Waals surface area contributed by atoms with Crippen LogP contribution in [-0.4, -0.2) is 34.3 Å². The molecule has 1 N–H and O–H groups in total. The zero-order chi connectivity index (χ0) is 21.4. The number of nitrogens with zero attached hydrogens (tertiary/aromatic N) is 7. The number of hydrogen-bond donors (Lipinski definition) is 1. The van der Waals surface area contributed by atoms with Gasteiger partial charge in [0, 0.05) is 37.5 Å². The molecular formula is C21H16F2N8. The zero-order valence-corrected chi connectivity index (χ0v) is 16.4. The fraction of sp³-hybridized carbons (Fsp3) is 0.0952. The molecule has 154 valence electrons. The highest BCUT2D eigenvalue weighted by molar-refractivity contribution is 5.65. The van der Waals surface area contributed by atoms with Crippen molar-refractivity contribution in [3.05, 3.63) is 84.1 Å². The number of aryl methyl sites for hydroxylation is 1. The molecule has 0 aliphatic carbocycles. The van der Waals surface area contributed by atoms with Gasteiger partial charge in [-0.25, -0.2) is 18.7 Å². The number of nitrogens with one attached hydrogen (secondary N) is 1. The summed E-state index contributed by atoms with van der Waals surface area (Å²) in [5, 5.41) is 15.5. The van der Waals surface area contributed by atoms with Crippen molar-refractivity contribution in [1.82, 2.24) is 34.3 Å². The normalized spacial score (nSPS) is 11.2. The molecule has 0 fully saturated rings. The number of rotatable bonds is 5. The predicted octanol–water partition coefficient (Wildman–Crippen LogP) is 3.53. The molecule has 4 aromatic heterocycles. The summed E-state index contributed by atoms with van der Waals surface area (Å²) >= 11 is 0. The lowest BCUT2D eigenvalue weighted by molar-refractivity contribution is 0.587. The highest BCUT2D eigenvalue weighted by Crippen LogP contribution is 2.22. The lowest BCUT2D eigenvalue weighted by Crippen LogP contribution is -2.03. The van der Waals surface area contributed by atoms with Gasteiger partial charge in [-0.2, -0.15) is 5.10 Å². The van der Waals surface area contributed by atoms with Crippen LogP contribution in [0.2, 0.25) is 0 Å². The summed E-state index contributed by atoms with van der Waals surface area (Å²) in [6, 6.07) is 10.7. The molecule has 8 nitrogen and oxygen atoms in total. The minimum absolute atomic E-state index is 0.121. The average molecular weight is 418 g/mol. The van der Waals surface area contributed by atoms with Crippen molar-refractivity contribution in [2.24, 2.45) is 7.05 Å². The second-order valence-corrected chi connectivity index (χ2v) is 6.90. The number of benzene rings is 1. The maximum atomic E-state index is 14.0. The van der Waals surface area contributed by atoms with Crippen molar-refractivity contribution >= 4 is 17.4 Å². The van der Waals surface area contributed by atoms with E-state index in [-0.39, 0.29) is 12.0 Å². The SMILES string of the molecule is Cn1nccc1Nc1nccc(-c2ccn3c(Cc4cc(F)ccc4F)nnc3c2)n1. The van der Waals surface area contributed by atoms with Gasteiger partial charge in [-0.05, 0) is 42.0 Å². The number of aromatic nitrogens is 7. The molecule has 0 bridgehead atoms. The van der Waals surface area contributed by atoms with Gasteiger partial charge in [0.25, 0.3) is 0 Å². The Labute approximate surface area is 175 Å². The maximum absolute atomic E-state index is 14.0. The Hall–Kier alpha value is -4.21. The fourth-order valence-corrected chi connectivity index (χ4v) is 3.26. The summed E-state index contributed by atoms with van der Waals surface area (Å²) in [4.78, 5) is 8.80. The Bertz CT molecular complexity index is 1390. The monoisotopic (exact) mass is 418 g/mol. The van der Waals surface area contributed by atoms with Crippen molar-refractivity contribution in [2.45, 2.75) is 6.42 Å². The van der Waals surface area contributed by atoms with Crippen molar-refractivity contribution in [3.8, 4) is 11.3 Å². The van der Waals surface area contributed by atoms with E-state index in [2.05, 4.69) is 30.6 Å². The van der Waals surface area contributed by atoms with E-state index in [0.29, 0.717) is 23.1 Å². The third-order valence-electron chi connectivity index (χ3n) is 4.85. The van der Waals surface area contributed by atoms with E-state index in [0.717, 1.165) is 23.5 Å². The molecule has 1 aromatic carbocycles. The van der Waals surface area contributed by atoms with Crippen molar-refractivity contribution in [1.29, 1.82) is 0 Å².